The Hall–Kier alpha value is -2.44. The number of hydrogen-bond acceptors (Lipinski definition) is 5. The van der Waals surface area contributed by atoms with Crippen LogP contribution in [-0.4, -0.2) is 53.9 Å². The number of nitrogens with zero attached hydrogens (tertiary/aromatic N) is 2. The second-order valence-corrected chi connectivity index (χ2v) is 5.45. The van der Waals surface area contributed by atoms with E-state index in [1.807, 2.05) is 0 Å². The van der Waals surface area contributed by atoms with Crippen LogP contribution >= 0.6 is 0 Å². The van der Waals surface area contributed by atoms with Gasteiger partial charge in [-0.15, -0.1) is 0 Å². The van der Waals surface area contributed by atoms with E-state index < -0.39 is 5.97 Å². The number of pyridine rings is 1. The molecule has 23 heavy (non-hydrogen) atoms. The van der Waals surface area contributed by atoms with Gasteiger partial charge in [0.05, 0.1) is 13.5 Å². The van der Waals surface area contributed by atoms with Gasteiger partial charge in [-0.25, -0.2) is 0 Å². The standard InChI is InChI=1S/C16H21N3O4/c1-23-15(21)3-2-14(20)18-13-6-10-19(11-7-13)16(22)12-4-8-17-9-5-12/h4-5,8-9,13H,2-3,6-7,10-11H2,1H3,(H,18,20). The molecule has 1 saturated heterocycles. The molecule has 2 rings (SSSR count). The molecule has 7 heteroatoms. The van der Waals surface area contributed by atoms with Gasteiger partial charge < -0.3 is 15.0 Å². The zero-order valence-corrected chi connectivity index (χ0v) is 13.2. The quantitative estimate of drug-likeness (QED) is 0.809. The Morgan fingerprint density at radius 3 is 2.48 bits per heavy atom. The molecule has 1 fully saturated rings. The zero-order valence-electron chi connectivity index (χ0n) is 13.2. The van der Waals surface area contributed by atoms with Crippen LogP contribution in [0.3, 0.4) is 0 Å². The first-order valence-corrected chi connectivity index (χ1v) is 7.65. The number of hydrogen-bond donors (Lipinski definition) is 1. The number of carbonyl (C=O) groups is 3. The highest BCUT2D eigenvalue weighted by Crippen LogP contribution is 2.14. The molecule has 1 aliphatic rings. The third-order valence-corrected chi connectivity index (χ3v) is 3.86. The lowest BCUT2D eigenvalue weighted by molar-refractivity contribution is -0.142. The lowest BCUT2D eigenvalue weighted by Crippen LogP contribution is -2.46. The smallest absolute Gasteiger partial charge is 0.306 e. The lowest BCUT2D eigenvalue weighted by atomic mass is 10.0. The van der Waals surface area contributed by atoms with Crippen LogP contribution in [0.25, 0.3) is 0 Å². The molecule has 7 nitrogen and oxygen atoms in total. The number of methoxy groups -OCH3 is 1. The second kappa shape index (κ2) is 8.26. The van der Waals surface area contributed by atoms with Gasteiger partial charge in [-0.2, -0.15) is 0 Å². The maximum Gasteiger partial charge on any atom is 0.306 e. The highest BCUT2D eigenvalue weighted by molar-refractivity contribution is 5.94. The van der Waals surface area contributed by atoms with Crippen molar-refractivity contribution >= 4 is 17.8 Å². The van der Waals surface area contributed by atoms with Crippen molar-refractivity contribution in [1.82, 2.24) is 15.2 Å². The van der Waals surface area contributed by atoms with Crippen LogP contribution in [0.2, 0.25) is 0 Å². The Balaban J connectivity index is 1.74. The summed E-state index contributed by atoms with van der Waals surface area (Å²) in [6, 6.07) is 3.44. The summed E-state index contributed by atoms with van der Waals surface area (Å²) in [5, 5.41) is 2.90. The average Bonchev–Trinajstić information content (AvgIpc) is 2.60. The monoisotopic (exact) mass is 319 g/mol. The molecule has 124 valence electrons. The van der Waals surface area contributed by atoms with E-state index in [2.05, 4.69) is 15.0 Å². The van der Waals surface area contributed by atoms with E-state index >= 15 is 0 Å². The number of rotatable bonds is 5. The molecule has 1 N–H and O–H groups in total. The van der Waals surface area contributed by atoms with Crippen molar-refractivity contribution in [2.24, 2.45) is 0 Å². The van der Waals surface area contributed by atoms with Crippen LogP contribution in [0, 0.1) is 0 Å². The van der Waals surface area contributed by atoms with Gasteiger partial charge in [-0.3, -0.25) is 19.4 Å². The number of nitrogens with one attached hydrogen (secondary N) is 1. The zero-order chi connectivity index (χ0) is 16.7. The van der Waals surface area contributed by atoms with Crippen molar-refractivity contribution in [3.63, 3.8) is 0 Å². The Morgan fingerprint density at radius 2 is 1.87 bits per heavy atom. The summed E-state index contributed by atoms with van der Waals surface area (Å²) in [6.07, 6.45) is 4.83. The Morgan fingerprint density at radius 1 is 1.22 bits per heavy atom. The van der Waals surface area contributed by atoms with Crippen LogP contribution < -0.4 is 5.32 Å². The van der Waals surface area contributed by atoms with Crippen LogP contribution in [-0.2, 0) is 14.3 Å². The van der Waals surface area contributed by atoms with Crippen LogP contribution in [0.4, 0.5) is 0 Å². The highest BCUT2D eigenvalue weighted by atomic mass is 16.5. The third-order valence-electron chi connectivity index (χ3n) is 3.86. The first-order valence-electron chi connectivity index (χ1n) is 7.65. The molecule has 0 atom stereocenters. The maximum absolute atomic E-state index is 12.3. The van der Waals surface area contributed by atoms with E-state index in [0.717, 1.165) is 0 Å². The Kier molecular flexibility index (Phi) is 6.08. The molecule has 1 aliphatic heterocycles. The van der Waals surface area contributed by atoms with Crippen molar-refractivity contribution in [1.29, 1.82) is 0 Å². The van der Waals surface area contributed by atoms with E-state index in [0.29, 0.717) is 31.5 Å². The molecular formula is C16H21N3O4. The molecule has 0 saturated carbocycles. The molecule has 1 aromatic heterocycles. The van der Waals surface area contributed by atoms with E-state index in [4.69, 9.17) is 0 Å². The maximum atomic E-state index is 12.3. The normalized spacial score (nSPS) is 15.1. The van der Waals surface area contributed by atoms with Gasteiger partial charge in [0.15, 0.2) is 0 Å². The Labute approximate surface area is 135 Å². The van der Waals surface area contributed by atoms with Gasteiger partial charge in [-0.05, 0) is 25.0 Å². The SMILES string of the molecule is COC(=O)CCC(=O)NC1CCN(C(=O)c2ccncc2)CC1. The Bertz CT molecular complexity index is 554. The van der Waals surface area contributed by atoms with Gasteiger partial charge in [0.2, 0.25) is 5.91 Å². The van der Waals surface area contributed by atoms with E-state index in [1.165, 1.54) is 7.11 Å². The van der Waals surface area contributed by atoms with Crippen LogP contribution in [0.5, 0.6) is 0 Å². The fourth-order valence-corrected chi connectivity index (χ4v) is 2.52. The third kappa shape index (κ3) is 5.05. The van der Waals surface area contributed by atoms with Gasteiger partial charge in [0.1, 0.15) is 0 Å². The van der Waals surface area contributed by atoms with E-state index in [-0.39, 0.29) is 30.7 Å². The minimum Gasteiger partial charge on any atom is -0.469 e. The number of esters is 1. The van der Waals surface area contributed by atoms with Gasteiger partial charge >= 0.3 is 5.97 Å². The molecule has 0 radical (unpaired) electrons. The summed E-state index contributed by atoms with van der Waals surface area (Å²) in [5.41, 5.74) is 0.626. The number of amides is 2. The minimum atomic E-state index is -0.391. The number of likely N-dealkylation sites (tertiary alicyclic amines) is 1. The van der Waals surface area contributed by atoms with Gasteiger partial charge in [-0.1, -0.05) is 0 Å². The van der Waals surface area contributed by atoms with Crippen molar-refractivity contribution < 1.29 is 19.1 Å². The molecule has 2 amide bonds. The van der Waals surface area contributed by atoms with Crippen LogP contribution in [0.1, 0.15) is 36.0 Å². The predicted octanol–water partition coefficient (Wildman–Crippen LogP) is 0.756. The number of carbonyl (C=O) groups excluding carboxylic acids is 3. The summed E-state index contributed by atoms with van der Waals surface area (Å²) in [7, 11) is 1.30. The summed E-state index contributed by atoms with van der Waals surface area (Å²) < 4.78 is 4.51. The topological polar surface area (TPSA) is 88.6 Å². The van der Waals surface area contributed by atoms with Crippen molar-refractivity contribution in [3.8, 4) is 0 Å². The molecule has 0 bridgehead atoms. The average molecular weight is 319 g/mol. The summed E-state index contributed by atoms with van der Waals surface area (Å²) >= 11 is 0. The molecule has 1 aromatic rings. The van der Waals surface area contributed by atoms with Gasteiger partial charge in [0, 0.05) is 43.5 Å². The summed E-state index contributed by atoms with van der Waals surface area (Å²) in [5.74, 6) is -0.560. The van der Waals surface area contributed by atoms with Crippen molar-refractivity contribution in [2.45, 2.75) is 31.7 Å². The van der Waals surface area contributed by atoms with Gasteiger partial charge in [0.25, 0.3) is 5.91 Å². The molecule has 0 aromatic carbocycles. The minimum absolute atomic E-state index is 0.0112. The second-order valence-electron chi connectivity index (χ2n) is 5.45. The first kappa shape index (κ1) is 16.9. The summed E-state index contributed by atoms with van der Waals surface area (Å²) in [6.45, 7) is 1.20. The predicted molar refractivity (Wildman–Crippen MR) is 82.6 cm³/mol. The molecular weight excluding hydrogens is 298 g/mol. The van der Waals surface area contributed by atoms with Crippen molar-refractivity contribution in [2.75, 3.05) is 20.2 Å². The largest absolute Gasteiger partial charge is 0.469 e. The van der Waals surface area contributed by atoms with E-state index in [9.17, 15) is 14.4 Å². The molecule has 0 spiro atoms. The first-order chi connectivity index (χ1) is 11.1. The number of ether oxygens (including phenoxy) is 1. The van der Waals surface area contributed by atoms with Crippen molar-refractivity contribution in [3.05, 3.63) is 30.1 Å². The fraction of sp³-hybridized carbons (Fsp3) is 0.500. The molecule has 0 unspecified atom stereocenters. The highest BCUT2D eigenvalue weighted by Gasteiger charge is 2.24. The van der Waals surface area contributed by atoms with Crippen LogP contribution in [0.15, 0.2) is 24.5 Å². The molecule has 0 aliphatic carbocycles. The summed E-state index contributed by atoms with van der Waals surface area (Å²) in [4.78, 5) is 40.8. The fourth-order valence-electron chi connectivity index (χ4n) is 2.52. The number of aromatic nitrogens is 1. The molecule has 2 heterocycles. The number of piperidine rings is 1. The lowest BCUT2D eigenvalue weighted by Gasteiger charge is -2.32. The van der Waals surface area contributed by atoms with E-state index in [1.54, 1.807) is 29.4 Å².